The molecule has 0 saturated carbocycles. The van der Waals surface area contributed by atoms with Gasteiger partial charge in [0.05, 0.1) is 16.2 Å². The Morgan fingerprint density at radius 3 is 2.45 bits per heavy atom. The van der Waals surface area contributed by atoms with Gasteiger partial charge in [-0.05, 0) is 25.1 Å². The van der Waals surface area contributed by atoms with E-state index >= 15 is 0 Å². The number of sulfone groups is 1. The largest absolute Gasteiger partial charge is 0.480 e. The second-order valence-corrected chi connectivity index (χ2v) is 6.46. The molecule has 0 spiro atoms. The van der Waals surface area contributed by atoms with Crippen LogP contribution in [0.25, 0.3) is 0 Å². The van der Waals surface area contributed by atoms with Crippen LogP contribution in [0.5, 0.6) is 0 Å². The molecule has 0 unspecified atom stereocenters. The molecular formula is C12H16N2O5S. The number of carboxylic acids is 1. The lowest BCUT2D eigenvalue weighted by molar-refractivity contribution is -0.138. The molecule has 110 valence electrons. The Bertz CT molecular complexity index is 639. The zero-order valence-electron chi connectivity index (χ0n) is 11.1. The second-order valence-electron chi connectivity index (χ2n) is 4.19. The Kier molecular flexibility index (Phi) is 4.72. The molecule has 0 aromatic heterocycles. The number of benzene rings is 1. The molecule has 0 fully saturated rings. The molecule has 0 radical (unpaired) electrons. The summed E-state index contributed by atoms with van der Waals surface area (Å²) in [5.74, 6) is -1.92. The van der Waals surface area contributed by atoms with Crippen molar-refractivity contribution in [2.24, 2.45) is 0 Å². The van der Waals surface area contributed by atoms with Gasteiger partial charge in [0.1, 0.15) is 6.04 Å². The zero-order valence-corrected chi connectivity index (χ0v) is 11.9. The van der Waals surface area contributed by atoms with E-state index in [0.717, 1.165) is 0 Å². The minimum absolute atomic E-state index is 0.0189. The summed E-state index contributed by atoms with van der Waals surface area (Å²) in [4.78, 5) is 22.5. The van der Waals surface area contributed by atoms with Crippen molar-refractivity contribution in [3.63, 3.8) is 0 Å². The van der Waals surface area contributed by atoms with Gasteiger partial charge in [-0.2, -0.15) is 0 Å². The summed E-state index contributed by atoms with van der Waals surface area (Å²) < 4.78 is 23.3. The zero-order chi connectivity index (χ0) is 15.5. The van der Waals surface area contributed by atoms with Crippen LogP contribution in [0, 0.1) is 0 Å². The van der Waals surface area contributed by atoms with Crippen molar-refractivity contribution in [2.75, 3.05) is 11.5 Å². The van der Waals surface area contributed by atoms with Gasteiger partial charge in [-0.15, -0.1) is 0 Å². The van der Waals surface area contributed by atoms with E-state index in [1.165, 1.54) is 32.0 Å². The van der Waals surface area contributed by atoms with Crippen LogP contribution in [0.1, 0.15) is 24.2 Å². The number of hydrogen-bond donors (Lipinski definition) is 3. The Labute approximate surface area is 116 Å². The first-order chi connectivity index (χ1) is 9.19. The highest BCUT2D eigenvalue weighted by Gasteiger charge is 2.19. The lowest BCUT2D eigenvalue weighted by Crippen LogP contribution is -2.38. The van der Waals surface area contributed by atoms with Crippen molar-refractivity contribution in [3.05, 3.63) is 23.8 Å². The number of carbonyl (C=O) groups excluding carboxylic acids is 1. The van der Waals surface area contributed by atoms with Crippen LogP contribution in [0.4, 0.5) is 5.69 Å². The average molecular weight is 300 g/mol. The highest BCUT2D eigenvalue weighted by atomic mass is 32.2. The van der Waals surface area contributed by atoms with Crippen LogP contribution in [-0.2, 0) is 14.6 Å². The molecule has 0 heterocycles. The fourth-order valence-electron chi connectivity index (χ4n) is 1.44. The summed E-state index contributed by atoms with van der Waals surface area (Å²) in [7, 11) is -3.41. The molecule has 0 bridgehead atoms. The molecule has 1 aromatic rings. The molecule has 8 heteroatoms. The summed E-state index contributed by atoms with van der Waals surface area (Å²) in [6, 6.07) is 2.66. The molecule has 0 aliphatic carbocycles. The third kappa shape index (κ3) is 3.47. The fraction of sp³-hybridized carbons (Fsp3) is 0.333. The maximum absolute atomic E-state index is 11.8. The lowest BCUT2D eigenvalue weighted by Gasteiger charge is -2.11. The predicted molar refractivity (Wildman–Crippen MR) is 73.1 cm³/mol. The molecule has 0 aliphatic rings. The topological polar surface area (TPSA) is 127 Å². The van der Waals surface area contributed by atoms with Gasteiger partial charge in [-0.1, -0.05) is 6.92 Å². The number of nitrogens with two attached hydrogens (primary N) is 1. The quantitative estimate of drug-likeness (QED) is 0.670. The van der Waals surface area contributed by atoms with Crippen molar-refractivity contribution >= 4 is 27.4 Å². The van der Waals surface area contributed by atoms with Gasteiger partial charge in [-0.3, -0.25) is 9.59 Å². The van der Waals surface area contributed by atoms with Gasteiger partial charge in [0.25, 0.3) is 5.91 Å². The van der Waals surface area contributed by atoms with Crippen LogP contribution < -0.4 is 11.1 Å². The third-order valence-electron chi connectivity index (χ3n) is 2.72. The molecule has 7 nitrogen and oxygen atoms in total. The molecule has 1 amide bonds. The van der Waals surface area contributed by atoms with Crippen molar-refractivity contribution in [2.45, 2.75) is 24.8 Å². The molecular weight excluding hydrogens is 284 g/mol. The van der Waals surface area contributed by atoms with Gasteiger partial charge >= 0.3 is 5.97 Å². The molecule has 1 aromatic carbocycles. The minimum Gasteiger partial charge on any atom is -0.480 e. The minimum atomic E-state index is -3.41. The number of amides is 1. The van der Waals surface area contributed by atoms with E-state index in [1.54, 1.807) is 0 Å². The first-order valence-electron chi connectivity index (χ1n) is 5.85. The summed E-state index contributed by atoms with van der Waals surface area (Å²) in [6.07, 6.45) is 0. The summed E-state index contributed by atoms with van der Waals surface area (Å²) >= 11 is 0. The Morgan fingerprint density at radius 2 is 2.00 bits per heavy atom. The van der Waals surface area contributed by atoms with Crippen LogP contribution in [0.3, 0.4) is 0 Å². The smallest absolute Gasteiger partial charge is 0.325 e. The first-order valence-corrected chi connectivity index (χ1v) is 7.50. The van der Waals surface area contributed by atoms with Crippen LogP contribution in [0.15, 0.2) is 23.1 Å². The standard InChI is InChI=1S/C12H16N2O5S/c1-3-20(18,19)8-4-5-9(10(13)6-8)11(15)14-7(2)12(16)17/h4-7H,3,13H2,1-2H3,(H,14,15)(H,16,17)/t7-/m0/s1. The monoisotopic (exact) mass is 300 g/mol. The number of carbonyl (C=O) groups is 2. The SMILES string of the molecule is CCS(=O)(=O)c1ccc(C(=O)N[C@@H](C)C(=O)O)c(N)c1. The van der Waals surface area contributed by atoms with Crippen molar-refractivity contribution in [1.82, 2.24) is 5.32 Å². The van der Waals surface area contributed by atoms with Crippen molar-refractivity contribution in [1.29, 1.82) is 0 Å². The molecule has 1 atom stereocenters. The van der Waals surface area contributed by atoms with E-state index < -0.39 is 27.8 Å². The first kappa shape index (κ1) is 16.0. The van der Waals surface area contributed by atoms with Gasteiger partial charge in [0, 0.05) is 5.69 Å². The molecule has 0 saturated heterocycles. The second kappa shape index (κ2) is 5.91. The Balaban J connectivity index is 3.05. The van der Waals surface area contributed by atoms with E-state index in [2.05, 4.69) is 5.32 Å². The number of nitrogen functional groups attached to an aromatic ring is 1. The third-order valence-corrected chi connectivity index (χ3v) is 4.46. The maximum Gasteiger partial charge on any atom is 0.325 e. The molecule has 1 rings (SSSR count). The van der Waals surface area contributed by atoms with E-state index in [1.807, 2.05) is 0 Å². The van der Waals surface area contributed by atoms with Gasteiger partial charge in [0.2, 0.25) is 0 Å². The number of nitrogens with one attached hydrogen (secondary N) is 1. The van der Waals surface area contributed by atoms with Gasteiger partial charge < -0.3 is 16.2 Å². The molecule has 0 aliphatic heterocycles. The normalized spacial score (nSPS) is 12.7. The van der Waals surface area contributed by atoms with Crippen LogP contribution in [-0.4, -0.2) is 37.2 Å². The fourth-order valence-corrected chi connectivity index (χ4v) is 2.36. The number of aliphatic carboxylic acids is 1. The summed E-state index contributed by atoms with van der Waals surface area (Å²) in [5, 5.41) is 10.9. The van der Waals surface area contributed by atoms with E-state index in [9.17, 15) is 18.0 Å². The number of anilines is 1. The van der Waals surface area contributed by atoms with Gasteiger partial charge in [0.15, 0.2) is 9.84 Å². The Hall–Kier alpha value is -2.09. The molecule has 4 N–H and O–H groups in total. The van der Waals surface area contributed by atoms with Gasteiger partial charge in [-0.25, -0.2) is 8.42 Å². The highest BCUT2D eigenvalue weighted by Crippen LogP contribution is 2.19. The van der Waals surface area contributed by atoms with E-state index in [4.69, 9.17) is 10.8 Å². The van der Waals surface area contributed by atoms with Crippen molar-refractivity contribution < 1.29 is 23.1 Å². The molecule has 20 heavy (non-hydrogen) atoms. The van der Waals surface area contributed by atoms with E-state index in [-0.39, 0.29) is 21.9 Å². The summed E-state index contributed by atoms with van der Waals surface area (Å²) in [6.45, 7) is 2.81. The maximum atomic E-state index is 11.8. The Morgan fingerprint density at radius 1 is 1.40 bits per heavy atom. The number of rotatable bonds is 5. The number of carboxylic acid groups (broad SMARTS) is 1. The lowest BCUT2D eigenvalue weighted by atomic mass is 10.1. The number of hydrogen-bond acceptors (Lipinski definition) is 5. The highest BCUT2D eigenvalue weighted by molar-refractivity contribution is 7.91. The predicted octanol–water partition coefficient (Wildman–Crippen LogP) is 0.265. The van der Waals surface area contributed by atoms with E-state index in [0.29, 0.717) is 0 Å². The summed E-state index contributed by atoms with van der Waals surface area (Å²) in [5.41, 5.74) is 5.67. The average Bonchev–Trinajstić information content (AvgIpc) is 2.38. The van der Waals surface area contributed by atoms with Crippen molar-refractivity contribution in [3.8, 4) is 0 Å². The van der Waals surface area contributed by atoms with Crippen LogP contribution in [0.2, 0.25) is 0 Å². The van der Waals surface area contributed by atoms with Crippen LogP contribution >= 0.6 is 0 Å².